The van der Waals surface area contributed by atoms with Crippen LogP contribution in [0.3, 0.4) is 0 Å². The van der Waals surface area contributed by atoms with Gasteiger partial charge < -0.3 is 15.4 Å². The molecule has 19 heavy (non-hydrogen) atoms. The molecule has 1 rings (SSSR count). The molecule has 0 aliphatic carbocycles. The first-order chi connectivity index (χ1) is 9.30. The average Bonchev–Trinajstić information content (AvgIpc) is 2.44. The van der Waals surface area contributed by atoms with Crippen LogP contribution in [0.2, 0.25) is 0 Å². The van der Waals surface area contributed by atoms with E-state index in [0.717, 1.165) is 44.2 Å². The van der Waals surface area contributed by atoms with Crippen LogP contribution in [0.15, 0.2) is 29.3 Å². The Bertz CT molecular complexity index is 383. The number of rotatable bonds is 7. The topological polar surface area (TPSA) is 45.7 Å². The average molecular weight is 263 g/mol. The third-order valence-corrected chi connectivity index (χ3v) is 2.72. The number of aryl methyl sites for hydroxylation is 1. The van der Waals surface area contributed by atoms with Crippen molar-refractivity contribution < 1.29 is 4.74 Å². The maximum Gasteiger partial charge on any atom is 0.191 e. The van der Waals surface area contributed by atoms with Gasteiger partial charge in [-0.2, -0.15) is 0 Å². The van der Waals surface area contributed by atoms with Gasteiger partial charge in [0.05, 0.1) is 7.11 Å². The van der Waals surface area contributed by atoms with Gasteiger partial charge in [-0.15, -0.1) is 0 Å². The molecule has 4 heteroatoms. The van der Waals surface area contributed by atoms with E-state index in [9.17, 15) is 0 Å². The fraction of sp³-hybridized carbons (Fsp3) is 0.533. The fourth-order valence-corrected chi connectivity index (χ4v) is 1.81. The molecule has 0 saturated carbocycles. The number of guanidine groups is 1. The highest BCUT2D eigenvalue weighted by atomic mass is 16.5. The van der Waals surface area contributed by atoms with Crippen molar-refractivity contribution in [1.29, 1.82) is 0 Å². The van der Waals surface area contributed by atoms with E-state index in [-0.39, 0.29) is 0 Å². The molecule has 106 valence electrons. The molecule has 0 atom stereocenters. The summed E-state index contributed by atoms with van der Waals surface area (Å²) in [6, 6.07) is 8.21. The monoisotopic (exact) mass is 263 g/mol. The van der Waals surface area contributed by atoms with Crippen molar-refractivity contribution >= 4 is 5.96 Å². The van der Waals surface area contributed by atoms with Crippen LogP contribution in [0.25, 0.3) is 0 Å². The summed E-state index contributed by atoms with van der Waals surface area (Å²) in [5, 5.41) is 6.44. The number of benzene rings is 1. The first kappa shape index (κ1) is 15.3. The minimum Gasteiger partial charge on any atom is -0.497 e. The van der Waals surface area contributed by atoms with Gasteiger partial charge in [-0.3, -0.25) is 4.99 Å². The molecule has 0 amide bonds. The Balaban J connectivity index is 2.37. The van der Waals surface area contributed by atoms with E-state index in [1.54, 1.807) is 7.11 Å². The van der Waals surface area contributed by atoms with Gasteiger partial charge in [0.1, 0.15) is 5.75 Å². The molecule has 4 nitrogen and oxygen atoms in total. The Kier molecular flexibility index (Phi) is 7.47. The van der Waals surface area contributed by atoms with E-state index in [4.69, 9.17) is 4.74 Å². The predicted octanol–water partition coefficient (Wildman–Crippen LogP) is 2.20. The highest BCUT2D eigenvalue weighted by molar-refractivity contribution is 5.79. The molecule has 0 saturated heterocycles. The van der Waals surface area contributed by atoms with Gasteiger partial charge in [0.15, 0.2) is 5.96 Å². The summed E-state index contributed by atoms with van der Waals surface area (Å²) in [7, 11) is 1.70. The van der Waals surface area contributed by atoms with Gasteiger partial charge in [-0.1, -0.05) is 12.1 Å². The molecule has 0 radical (unpaired) electrons. The lowest BCUT2D eigenvalue weighted by atomic mass is 10.1. The van der Waals surface area contributed by atoms with Crippen LogP contribution in [0.4, 0.5) is 0 Å². The molecule has 1 aromatic rings. The quantitative estimate of drug-likeness (QED) is 0.450. The molecule has 0 aliphatic rings. The molecule has 0 heterocycles. The van der Waals surface area contributed by atoms with Crippen LogP contribution in [-0.4, -0.2) is 32.7 Å². The van der Waals surface area contributed by atoms with Crippen LogP contribution in [0.1, 0.15) is 25.8 Å². The van der Waals surface area contributed by atoms with Crippen LogP contribution in [0.5, 0.6) is 5.75 Å². The van der Waals surface area contributed by atoms with Crippen molar-refractivity contribution in [2.24, 2.45) is 4.99 Å². The normalized spacial score (nSPS) is 9.84. The third kappa shape index (κ3) is 6.13. The van der Waals surface area contributed by atoms with Crippen LogP contribution in [0, 0.1) is 0 Å². The molecule has 0 aromatic heterocycles. The second-order valence-corrected chi connectivity index (χ2v) is 4.25. The Morgan fingerprint density at radius 2 is 1.95 bits per heavy atom. The van der Waals surface area contributed by atoms with Crippen LogP contribution in [-0.2, 0) is 6.42 Å². The first-order valence-electron chi connectivity index (χ1n) is 6.95. The van der Waals surface area contributed by atoms with E-state index in [0.29, 0.717) is 0 Å². The molecule has 2 N–H and O–H groups in total. The van der Waals surface area contributed by atoms with Crippen molar-refractivity contribution in [1.82, 2.24) is 10.6 Å². The predicted molar refractivity (Wildman–Crippen MR) is 81.0 cm³/mol. The number of aliphatic imine (C=N–C) groups is 1. The highest BCUT2D eigenvalue weighted by Crippen LogP contribution is 2.13. The van der Waals surface area contributed by atoms with E-state index in [1.807, 2.05) is 12.1 Å². The van der Waals surface area contributed by atoms with Gasteiger partial charge in [-0.05, 0) is 44.4 Å². The van der Waals surface area contributed by atoms with Gasteiger partial charge in [0.25, 0.3) is 0 Å². The molecule has 1 aromatic carbocycles. The van der Waals surface area contributed by atoms with E-state index < -0.39 is 0 Å². The third-order valence-electron chi connectivity index (χ3n) is 2.72. The number of methoxy groups -OCH3 is 1. The second-order valence-electron chi connectivity index (χ2n) is 4.25. The first-order valence-corrected chi connectivity index (χ1v) is 6.95. The summed E-state index contributed by atoms with van der Waals surface area (Å²) >= 11 is 0. The number of nitrogens with zero attached hydrogens (tertiary/aromatic N) is 1. The number of ether oxygens (including phenoxy) is 1. The number of nitrogens with one attached hydrogen (secondary N) is 2. The largest absolute Gasteiger partial charge is 0.497 e. The Morgan fingerprint density at radius 1 is 1.21 bits per heavy atom. The van der Waals surface area contributed by atoms with E-state index in [2.05, 4.69) is 41.6 Å². The van der Waals surface area contributed by atoms with Gasteiger partial charge in [0.2, 0.25) is 0 Å². The van der Waals surface area contributed by atoms with E-state index in [1.165, 1.54) is 5.56 Å². The summed E-state index contributed by atoms with van der Waals surface area (Å²) in [4.78, 5) is 4.52. The van der Waals surface area contributed by atoms with Crippen LogP contribution >= 0.6 is 0 Å². The number of hydrogen-bond donors (Lipinski definition) is 2. The molecular weight excluding hydrogens is 238 g/mol. The number of hydrogen-bond acceptors (Lipinski definition) is 2. The minimum atomic E-state index is 0.826. The maximum absolute atomic E-state index is 5.22. The summed E-state index contributed by atoms with van der Waals surface area (Å²) in [6.45, 7) is 6.75. The SMILES string of the molecule is CCNC(=NCCCc1cccc(OC)c1)NCC. The Morgan fingerprint density at radius 3 is 2.58 bits per heavy atom. The van der Waals surface area contributed by atoms with Crippen molar-refractivity contribution in [3.05, 3.63) is 29.8 Å². The van der Waals surface area contributed by atoms with Gasteiger partial charge in [0, 0.05) is 19.6 Å². The molecule has 0 bridgehead atoms. The fourth-order valence-electron chi connectivity index (χ4n) is 1.81. The zero-order valence-corrected chi connectivity index (χ0v) is 12.2. The van der Waals surface area contributed by atoms with Gasteiger partial charge in [-0.25, -0.2) is 0 Å². The van der Waals surface area contributed by atoms with Crippen molar-refractivity contribution in [3.63, 3.8) is 0 Å². The molecule has 0 spiro atoms. The Hall–Kier alpha value is -1.71. The molecule has 0 unspecified atom stereocenters. The Labute approximate surface area is 116 Å². The van der Waals surface area contributed by atoms with E-state index >= 15 is 0 Å². The van der Waals surface area contributed by atoms with Crippen molar-refractivity contribution in [3.8, 4) is 5.75 Å². The van der Waals surface area contributed by atoms with Crippen molar-refractivity contribution in [2.45, 2.75) is 26.7 Å². The molecule has 0 fully saturated rings. The van der Waals surface area contributed by atoms with Gasteiger partial charge >= 0.3 is 0 Å². The van der Waals surface area contributed by atoms with Crippen molar-refractivity contribution in [2.75, 3.05) is 26.7 Å². The zero-order valence-electron chi connectivity index (χ0n) is 12.2. The summed E-state index contributed by atoms with van der Waals surface area (Å²) < 4.78 is 5.22. The lowest BCUT2D eigenvalue weighted by Crippen LogP contribution is -2.37. The highest BCUT2D eigenvalue weighted by Gasteiger charge is 1.97. The van der Waals surface area contributed by atoms with Crippen LogP contribution < -0.4 is 15.4 Å². The minimum absolute atomic E-state index is 0.826. The lowest BCUT2D eigenvalue weighted by Gasteiger charge is -2.09. The maximum atomic E-state index is 5.22. The summed E-state index contributed by atoms with van der Waals surface area (Å²) in [6.07, 6.45) is 2.06. The summed E-state index contributed by atoms with van der Waals surface area (Å²) in [5.74, 6) is 1.82. The lowest BCUT2D eigenvalue weighted by molar-refractivity contribution is 0.414. The molecular formula is C15H25N3O. The smallest absolute Gasteiger partial charge is 0.191 e. The second kappa shape index (κ2) is 9.25. The standard InChI is InChI=1S/C15H25N3O/c1-4-16-15(17-5-2)18-11-7-9-13-8-6-10-14(12-13)19-3/h6,8,10,12H,4-5,7,9,11H2,1-3H3,(H2,16,17,18). The zero-order chi connectivity index (χ0) is 13.9. The summed E-state index contributed by atoms with van der Waals surface area (Å²) in [5.41, 5.74) is 1.29. The molecule has 0 aliphatic heterocycles.